The summed E-state index contributed by atoms with van der Waals surface area (Å²) < 4.78 is 16.8. The maximum absolute atomic E-state index is 12.5. The highest BCUT2D eigenvalue weighted by Crippen LogP contribution is 2.39. The van der Waals surface area contributed by atoms with Gasteiger partial charge in [0, 0.05) is 10.7 Å². The second-order valence-electron chi connectivity index (χ2n) is 4.76. The molecule has 0 aliphatic carbocycles. The maximum atomic E-state index is 12.5. The Morgan fingerprint density at radius 2 is 1.76 bits per heavy atom. The van der Waals surface area contributed by atoms with Crippen molar-refractivity contribution in [2.24, 2.45) is 0 Å². The van der Waals surface area contributed by atoms with E-state index in [-0.39, 0.29) is 11.3 Å². The van der Waals surface area contributed by atoms with Gasteiger partial charge in [0.2, 0.25) is 0 Å². The largest absolute Gasteiger partial charge is 0.493 e. The molecular weight excluding hydrogens is 505 g/mol. The van der Waals surface area contributed by atoms with Gasteiger partial charge in [0.1, 0.15) is 5.70 Å². The highest BCUT2D eigenvalue weighted by molar-refractivity contribution is 14.1. The Bertz CT molecular complexity index is 800. The molecule has 0 bridgehead atoms. The Balaban J connectivity index is 2.78. The highest BCUT2D eigenvalue weighted by atomic mass is 127. The summed E-state index contributed by atoms with van der Waals surface area (Å²) in [7, 11) is 4.05. The predicted molar refractivity (Wildman–Crippen MR) is 105 cm³/mol. The molecule has 0 saturated carbocycles. The van der Waals surface area contributed by atoms with Crippen molar-refractivity contribution in [2.75, 3.05) is 26.2 Å². The second-order valence-corrected chi connectivity index (χ2v) is 6.83. The minimum absolute atomic E-state index is 0.0338. The summed E-state index contributed by atoms with van der Waals surface area (Å²) in [6.07, 6.45) is 6.50. The van der Waals surface area contributed by atoms with Crippen molar-refractivity contribution in [1.29, 1.82) is 0 Å². The number of carbonyl (C=O) groups is 2. The number of ether oxygens (including phenoxy) is 3. The number of halogens is 2. The first-order valence-corrected chi connectivity index (χ1v) is 8.89. The molecule has 1 aromatic rings. The average Bonchev–Trinajstić information content (AvgIpc) is 2.82. The number of allylic oxidation sites excluding steroid dienone is 2. The summed E-state index contributed by atoms with van der Waals surface area (Å²) in [6, 6.07) is 3.67. The molecule has 6 nitrogen and oxygen atoms in total. The Hall–Kier alpha value is -1.81. The number of rotatable bonds is 4. The minimum atomic E-state index is -0.673. The molecule has 0 radical (unpaired) electrons. The summed E-state index contributed by atoms with van der Waals surface area (Å²) in [5.74, 6) is -0.761. The zero-order valence-corrected chi connectivity index (χ0v) is 17.5. The summed E-state index contributed by atoms with van der Waals surface area (Å²) >= 11 is 5.58. The molecule has 0 saturated heterocycles. The van der Waals surface area contributed by atoms with Crippen LogP contribution in [0, 0.1) is 3.57 Å². The molecule has 8 heteroatoms. The van der Waals surface area contributed by atoms with Crippen LogP contribution in [0.3, 0.4) is 0 Å². The molecule has 1 heterocycles. The zero-order valence-electron chi connectivity index (χ0n) is 13.7. The van der Waals surface area contributed by atoms with E-state index in [2.05, 4.69) is 38.5 Å². The third-order valence-corrected chi connectivity index (χ3v) is 4.60. The molecule has 0 unspecified atom stereocenters. The van der Waals surface area contributed by atoms with Crippen LogP contribution in [0.4, 0.5) is 5.69 Å². The molecule has 1 aliphatic rings. The van der Waals surface area contributed by atoms with E-state index < -0.39 is 11.9 Å². The number of methoxy groups -OCH3 is 3. The fraction of sp³-hybridized carbons (Fsp3) is 0.176. The molecule has 2 rings (SSSR count). The molecule has 0 amide bonds. The van der Waals surface area contributed by atoms with Gasteiger partial charge in [0.15, 0.2) is 5.75 Å². The molecule has 0 aromatic heterocycles. The van der Waals surface area contributed by atoms with E-state index in [1.165, 1.54) is 27.4 Å². The standard InChI is InChI=1S/C17H15BrINO5/c1-23-15-12(19)8-10(18)9-13(15)20-7-5-4-6-11(16(21)24-2)14(20)17(22)25-3/h4-9H,1-3H3. The van der Waals surface area contributed by atoms with Gasteiger partial charge in [-0.05, 0) is 46.9 Å². The van der Waals surface area contributed by atoms with Crippen LogP contribution < -0.4 is 9.64 Å². The van der Waals surface area contributed by atoms with Gasteiger partial charge in [0.05, 0.1) is 36.2 Å². The van der Waals surface area contributed by atoms with Crippen LogP contribution in [-0.2, 0) is 19.1 Å². The van der Waals surface area contributed by atoms with Crippen LogP contribution in [0.5, 0.6) is 5.75 Å². The summed E-state index contributed by atoms with van der Waals surface area (Å²) in [5, 5.41) is 0. The molecule has 0 spiro atoms. The smallest absolute Gasteiger partial charge is 0.355 e. The Labute approximate surface area is 167 Å². The number of esters is 2. The Morgan fingerprint density at radius 1 is 1.08 bits per heavy atom. The van der Waals surface area contributed by atoms with E-state index in [1.807, 2.05) is 6.07 Å². The van der Waals surface area contributed by atoms with Crippen molar-refractivity contribution < 1.29 is 23.8 Å². The number of benzene rings is 1. The molecule has 132 valence electrons. The van der Waals surface area contributed by atoms with Crippen LogP contribution in [0.15, 0.2) is 52.3 Å². The van der Waals surface area contributed by atoms with Crippen molar-refractivity contribution >= 4 is 56.1 Å². The lowest BCUT2D eigenvalue weighted by atomic mass is 10.1. The first-order chi connectivity index (χ1) is 11.9. The van der Waals surface area contributed by atoms with E-state index in [0.29, 0.717) is 11.4 Å². The van der Waals surface area contributed by atoms with Gasteiger partial charge in [-0.25, -0.2) is 9.59 Å². The van der Waals surface area contributed by atoms with Gasteiger partial charge in [-0.15, -0.1) is 0 Å². The van der Waals surface area contributed by atoms with Crippen molar-refractivity contribution in [2.45, 2.75) is 0 Å². The summed E-state index contributed by atoms with van der Waals surface area (Å²) in [6.45, 7) is 0. The lowest BCUT2D eigenvalue weighted by Crippen LogP contribution is -2.27. The molecule has 0 fully saturated rings. The third kappa shape index (κ3) is 4.06. The van der Waals surface area contributed by atoms with E-state index in [0.717, 1.165) is 8.04 Å². The van der Waals surface area contributed by atoms with Crippen LogP contribution in [0.25, 0.3) is 0 Å². The SMILES string of the molecule is COC(=O)C1=C(C(=O)OC)N(c2cc(Br)cc(I)c2OC)C=CC=C1. The van der Waals surface area contributed by atoms with Crippen LogP contribution in [0.2, 0.25) is 0 Å². The molecular formula is C17H15BrINO5. The van der Waals surface area contributed by atoms with Crippen molar-refractivity contribution in [3.05, 3.63) is 55.9 Å². The van der Waals surface area contributed by atoms with Gasteiger partial charge in [-0.1, -0.05) is 22.0 Å². The minimum Gasteiger partial charge on any atom is -0.493 e. The van der Waals surface area contributed by atoms with Gasteiger partial charge in [-0.3, -0.25) is 0 Å². The monoisotopic (exact) mass is 519 g/mol. The molecule has 25 heavy (non-hydrogen) atoms. The number of carbonyl (C=O) groups excluding carboxylic acids is 2. The summed E-state index contributed by atoms with van der Waals surface area (Å²) in [4.78, 5) is 26.2. The van der Waals surface area contributed by atoms with Crippen molar-refractivity contribution in [3.8, 4) is 5.75 Å². The van der Waals surface area contributed by atoms with Crippen LogP contribution in [0.1, 0.15) is 0 Å². The Kier molecular flexibility index (Phi) is 6.65. The van der Waals surface area contributed by atoms with E-state index >= 15 is 0 Å². The lowest BCUT2D eigenvalue weighted by molar-refractivity contribution is -0.139. The Morgan fingerprint density at radius 3 is 2.36 bits per heavy atom. The van der Waals surface area contributed by atoms with Gasteiger partial charge in [0.25, 0.3) is 0 Å². The lowest BCUT2D eigenvalue weighted by Gasteiger charge is -2.25. The predicted octanol–water partition coefficient (Wildman–Crippen LogP) is 3.55. The number of hydrogen-bond donors (Lipinski definition) is 0. The molecule has 1 aliphatic heterocycles. The fourth-order valence-corrected chi connectivity index (χ4v) is 3.98. The normalized spacial score (nSPS) is 13.6. The molecule has 0 atom stereocenters. The second kappa shape index (κ2) is 8.52. The number of anilines is 1. The average molecular weight is 520 g/mol. The first-order valence-electron chi connectivity index (χ1n) is 7.02. The highest BCUT2D eigenvalue weighted by Gasteiger charge is 2.29. The first kappa shape index (κ1) is 19.5. The fourth-order valence-electron chi connectivity index (χ4n) is 2.28. The van der Waals surface area contributed by atoms with Gasteiger partial charge in [-0.2, -0.15) is 0 Å². The molecule has 0 N–H and O–H groups in total. The van der Waals surface area contributed by atoms with Crippen LogP contribution in [-0.4, -0.2) is 33.3 Å². The maximum Gasteiger partial charge on any atom is 0.355 e. The summed E-state index contributed by atoms with van der Waals surface area (Å²) in [5.41, 5.74) is 0.686. The van der Waals surface area contributed by atoms with Crippen molar-refractivity contribution in [1.82, 2.24) is 0 Å². The number of nitrogens with zero attached hydrogens (tertiary/aromatic N) is 1. The topological polar surface area (TPSA) is 65.1 Å². The van der Waals surface area contributed by atoms with Crippen molar-refractivity contribution in [3.63, 3.8) is 0 Å². The molecule has 1 aromatic carbocycles. The zero-order chi connectivity index (χ0) is 18.6. The van der Waals surface area contributed by atoms with Crippen LogP contribution >= 0.6 is 38.5 Å². The quantitative estimate of drug-likeness (QED) is 0.448. The van der Waals surface area contributed by atoms with Gasteiger partial charge < -0.3 is 19.1 Å². The van der Waals surface area contributed by atoms with Gasteiger partial charge >= 0.3 is 11.9 Å². The van der Waals surface area contributed by atoms with E-state index in [4.69, 9.17) is 14.2 Å². The van der Waals surface area contributed by atoms with E-state index in [9.17, 15) is 9.59 Å². The number of hydrogen-bond acceptors (Lipinski definition) is 6. The third-order valence-electron chi connectivity index (χ3n) is 3.34. The van der Waals surface area contributed by atoms with E-state index in [1.54, 1.807) is 29.3 Å².